The molecule has 2 aromatic carbocycles. The van der Waals surface area contributed by atoms with E-state index in [0.717, 1.165) is 40.2 Å². The number of carbonyl (C=O) groups excluding carboxylic acids is 1. The number of esters is 1. The number of hydrogen-bond donors (Lipinski definition) is 1. The first-order valence-electron chi connectivity index (χ1n) is 15.2. The number of ether oxygens (including phenoxy) is 4. The molecule has 4 saturated carbocycles. The van der Waals surface area contributed by atoms with Crippen molar-refractivity contribution in [2.24, 2.45) is 17.8 Å². The summed E-state index contributed by atoms with van der Waals surface area (Å²) in [4.78, 5) is 24.3. The molecule has 228 valence electrons. The summed E-state index contributed by atoms with van der Waals surface area (Å²) in [5.41, 5.74) is 5.24. The number of aromatic nitrogens is 2. The Hall–Kier alpha value is -3.69. The normalized spacial score (nSPS) is 23.8. The van der Waals surface area contributed by atoms with Crippen LogP contribution in [-0.2, 0) is 26.0 Å². The van der Waals surface area contributed by atoms with Crippen LogP contribution in [0, 0.1) is 17.8 Å². The first-order chi connectivity index (χ1) is 20.9. The number of carbonyl (C=O) groups is 2. The first kappa shape index (κ1) is 29.4. The monoisotopic (exact) mass is 588 g/mol. The smallest absolute Gasteiger partial charge is 0.432 e. The molecule has 0 spiro atoms. The molecule has 9 heteroatoms. The van der Waals surface area contributed by atoms with E-state index in [4.69, 9.17) is 18.9 Å². The third-order valence-corrected chi connectivity index (χ3v) is 9.68. The minimum atomic E-state index is -1.20. The minimum Gasteiger partial charge on any atom is -0.467 e. The van der Waals surface area contributed by atoms with Gasteiger partial charge in [-0.25, -0.2) is 9.59 Å². The molecule has 1 aromatic heterocycles. The summed E-state index contributed by atoms with van der Waals surface area (Å²) >= 11 is 0. The Morgan fingerprint density at radius 1 is 0.977 bits per heavy atom. The van der Waals surface area contributed by atoms with Gasteiger partial charge >= 0.3 is 12.1 Å². The molecule has 0 saturated heterocycles. The van der Waals surface area contributed by atoms with Gasteiger partial charge in [0, 0.05) is 29.2 Å². The molecule has 4 bridgehead atoms. The summed E-state index contributed by atoms with van der Waals surface area (Å²) in [6, 6.07) is 12.6. The summed E-state index contributed by atoms with van der Waals surface area (Å²) in [6.45, 7) is 3.12. The molecule has 3 aromatic rings. The molecular weight excluding hydrogens is 548 g/mol. The van der Waals surface area contributed by atoms with Gasteiger partial charge in [0.25, 0.3) is 0 Å². The van der Waals surface area contributed by atoms with E-state index in [1.807, 2.05) is 6.07 Å². The van der Waals surface area contributed by atoms with Gasteiger partial charge in [-0.2, -0.15) is 9.78 Å². The summed E-state index contributed by atoms with van der Waals surface area (Å²) in [6.07, 6.45) is 7.16. The lowest BCUT2D eigenvalue weighted by atomic mass is 9.47. The predicted octanol–water partition coefficient (Wildman–Crippen LogP) is 6.56. The van der Waals surface area contributed by atoms with Crippen LogP contribution in [0.4, 0.5) is 4.79 Å². The van der Waals surface area contributed by atoms with Gasteiger partial charge in [-0.05, 0) is 92.5 Å². The lowest BCUT2D eigenvalue weighted by molar-refractivity contribution is -0.0190. The van der Waals surface area contributed by atoms with Crippen molar-refractivity contribution in [1.82, 2.24) is 9.78 Å². The van der Waals surface area contributed by atoms with E-state index >= 15 is 0 Å². The van der Waals surface area contributed by atoms with E-state index in [1.54, 1.807) is 37.4 Å². The van der Waals surface area contributed by atoms with Crippen molar-refractivity contribution < 1.29 is 33.6 Å². The Labute approximate surface area is 252 Å². The number of aryl methyl sites for hydroxylation is 1. The van der Waals surface area contributed by atoms with Crippen LogP contribution in [0.5, 0.6) is 5.75 Å². The zero-order valence-electron chi connectivity index (χ0n) is 25.1. The van der Waals surface area contributed by atoms with Crippen LogP contribution in [0.25, 0.3) is 22.5 Å². The van der Waals surface area contributed by atoms with Gasteiger partial charge in [-0.3, -0.25) is 0 Å². The van der Waals surface area contributed by atoms with E-state index < -0.39 is 12.1 Å². The van der Waals surface area contributed by atoms with Crippen molar-refractivity contribution in [3.8, 4) is 28.3 Å². The van der Waals surface area contributed by atoms with Crippen molar-refractivity contribution in [1.29, 1.82) is 0 Å². The third-order valence-electron chi connectivity index (χ3n) is 9.68. The fourth-order valence-electron chi connectivity index (χ4n) is 8.33. The molecule has 0 amide bonds. The Balaban J connectivity index is 1.46. The molecule has 0 radical (unpaired) electrons. The molecule has 0 atom stereocenters. The van der Waals surface area contributed by atoms with Crippen molar-refractivity contribution in [3.05, 3.63) is 59.2 Å². The quantitative estimate of drug-likeness (QED) is 0.152. The van der Waals surface area contributed by atoms with Crippen molar-refractivity contribution in [2.45, 2.75) is 57.3 Å². The Morgan fingerprint density at radius 2 is 1.65 bits per heavy atom. The van der Waals surface area contributed by atoms with Crippen LogP contribution in [0.3, 0.4) is 0 Å². The highest BCUT2D eigenvalue weighted by atomic mass is 16.7. The van der Waals surface area contributed by atoms with Crippen LogP contribution >= 0.6 is 0 Å². The van der Waals surface area contributed by atoms with Crippen LogP contribution < -0.4 is 4.74 Å². The van der Waals surface area contributed by atoms with Gasteiger partial charge in [-0.1, -0.05) is 25.1 Å². The number of nitrogens with zero attached hydrogens (tertiary/aromatic N) is 2. The second-order valence-electron chi connectivity index (χ2n) is 12.4. The van der Waals surface area contributed by atoms with Gasteiger partial charge < -0.3 is 24.1 Å². The van der Waals surface area contributed by atoms with Crippen LogP contribution in [0.1, 0.15) is 66.9 Å². The molecule has 0 aliphatic heterocycles. The average Bonchev–Trinajstić information content (AvgIpc) is 3.45. The van der Waals surface area contributed by atoms with Crippen LogP contribution in [0.15, 0.2) is 42.5 Å². The fourth-order valence-corrected chi connectivity index (χ4v) is 8.33. The Bertz CT molecular complexity index is 1460. The molecule has 1 heterocycles. The number of hydrogen-bond acceptors (Lipinski definition) is 7. The standard InChI is InChI=1S/C34H40N2O7/c1-4-24-9-10-27(28-16-29(36(35-28)33(38)39)25-5-7-26(8-6-25)32(37)41-3)31(43-20-42-12-11-40-2)30(24)34-17-21-13-22(18-34)15-23(14-21)19-34/h5-10,16,21-23H,4,11-15,17-20H2,1-3H3,(H,38,39). The van der Waals surface area contributed by atoms with E-state index in [2.05, 4.69) is 18.1 Å². The molecule has 4 aliphatic carbocycles. The lowest BCUT2D eigenvalue weighted by Gasteiger charge is -2.57. The highest BCUT2D eigenvalue weighted by molar-refractivity contribution is 5.90. The minimum absolute atomic E-state index is 0.0415. The van der Waals surface area contributed by atoms with Crippen molar-refractivity contribution in [3.63, 3.8) is 0 Å². The SMILES string of the molecule is CCc1ccc(-c2cc(-c3ccc(C(=O)OC)cc3)n(C(=O)O)n2)c(OCOCCOC)c1C12CC3CC(CC(C3)C1)C2. The maximum absolute atomic E-state index is 12.4. The molecule has 4 aliphatic rings. The average molecular weight is 589 g/mol. The molecule has 0 unspecified atom stereocenters. The highest BCUT2D eigenvalue weighted by Gasteiger charge is 2.53. The zero-order valence-corrected chi connectivity index (χ0v) is 25.1. The summed E-state index contributed by atoms with van der Waals surface area (Å²) in [5.74, 6) is 2.53. The maximum atomic E-state index is 12.4. The van der Waals surface area contributed by atoms with Gasteiger partial charge in [0.15, 0.2) is 6.79 Å². The topological polar surface area (TPSA) is 109 Å². The number of carboxylic acid groups (broad SMARTS) is 1. The van der Waals surface area contributed by atoms with Gasteiger partial charge in [0.05, 0.1) is 37.3 Å². The number of benzene rings is 2. The predicted molar refractivity (Wildman–Crippen MR) is 160 cm³/mol. The third kappa shape index (κ3) is 5.56. The molecule has 43 heavy (non-hydrogen) atoms. The van der Waals surface area contributed by atoms with E-state index in [-0.39, 0.29) is 12.2 Å². The van der Waals surface area contributed by atoms with Crippen molar-refractivity contribution in [2.75, 3.05) is 34.2 Å². The summed E-state index contributed by atoms with van der Waals surface area (Å²) < 4.78 is 23.3. The summed E-state index contributed by atoms with van der Waals surface area (Å²) in [5, 5.41) is 14.7. The van der Waals surface area contributed by atoms with Gasteiger partial charge in [0.1, 0.15) is 5.75 Å². The maximum Gasteiger partial charge on any atom is 0.432 e. The van der Waals surface area contributed by atoms with Crippen molar-refractivity contribution >= 4 is 12.1 Å². The van der Waals surface area contributed by atoms with Gasteiger partial charge in [0.2, 0.25) is 0 Å². The summed E-state index contributed by atoms with van der Waals surface area (Å²) in [7, 11) is 2.96. The molecular formula is C34H40N2O7. The highest BCUT2D eigenvalue weighted by Crippen LogP contribution is 2.63. The van der Waals surface area contributed by atoms with E-state index in [9.17, 15) is 14.7 Å². The van der Waals surface area contributed by atoms with E-state index in [0.29, 0.717) is 35.7 Å². The molecule has 7 rings (SSSR count). The van der Waals surface area contributed by atoms with Crippen LogP contribution in [0.2, 0.25) is 0 Å². The Kier molecular flexibility index (Phi) is 8.29. The number of methoxy groups -OCH3 is 2. The molecule has 4 fully saturated rings. The fraction of sp³-hybridized carbons (Fsp3) is 0.500. The largest absolute Gasteiger partial charge is 0.467 e. The lowest BCUT2D eigenvalue weighted by Crippen LogP contribution is -2.49. The Morgan fingerprint density at radius 3 is 2.23 bits per heavy atom. The molecule has 1 N–H and O–H groups in total. The zero-order chi connectivity index (χ0) is 30.1. The van der Waals surface area contributed by atoms with Gasteiger partial charge in [-0.15, -0.1) is 0 Å². The molecule has 9 nitrogen and oxygen atoms in total. The first-order valence-corrected chi connectivity index (χ1v) is 15.2. The van der Waals surface area contributed by atoms with Crippen LogP contribution in [-0.4, -0.2) is 61.2 Å². The second-order valence-corrected chi connectivity index (χ2v) is 12.4. The number of rotatable bonds is 11. The second kappa shape index (κ2) is 12.1. The van der Waals surface area contributed by atoms with E-state index in [1.165, 1.54) is 56.8 Å².